The number of hydrogen-bond donors (Lipinski definition) is 3. The first-order valence-corrected chi connectivity index (χ1v) is 5.52. The Kier molecular flexibility index (Phi) is 4.26. The lowest BCUT2D eigenvalue weighted by Gasteiger charge is -2.19. The van der Waals surface area contributed by atoms with E-state index < -0.39 is 28.5 Å². The van der Waals surface area contributed by atoms with Crippen molar-refractivity contribution < 1.29 is 14.7 Å². The predicted octanol–water partition coefficient (Wildman–Crippen LogP) is -1.24. The Bertz CT molecular complexity index is 599. The number of aromatic nitrogens is 2. The first kappa shape index (κ1) is 14.7. The number of rotatable bonds is 5. The van der Waals surface area contributed by atoms with Crippen LogP contribution in [0.2, 0.25) is 0 Å². The molecule has 1 amide bonds. The maximum atomic E-state index is 11.6. The van der Waals surface area contributed by atoms with E-state index in [0.29, 0.717) is 0 Å². The van der Waals surface area contributed by atoms with Crippen molar-refractivity contribution in [1.82, 2.24) is 14.9 Å². The molecular formula is C11H15N3O5. The number of aliphatic carboxylic acids is 1. The number of carbonyl (C=O) groups is 2. The molecule has 0 aliphatic heterocycles. The number of nitrogens with one attached hydrogen (secondary N) is 2. The Morgan fingerprint density at radius 1 is 1.42 bits per heavy atom. The summed E-state index contributed by atoms with van der Waals surface area (Å²) in [4.78, 5) is 46.6. The Labute approximate surface area is 108 Å². The second-order valence-electron chi connectivity index (χ2n) is 4.70. The molecule has 0 bridgehead atoms. The van der Waals surface area contributed by atoms with Gasteiger partial charge in [-0.3, -0.25) is 23.9 Å². The minimum atomic E-state index is -1.09. The van der Waals surface area contributed by atoms with Crippen LogP contribution < -0.4 is 16.6 Å². The summed E-state index contributed by atoms with van der Waals surface area (Å²) in [5, 5.41) is 11.3. The number of carboxylic acids is 1. The molecule has 0 aliphatic carbocycles. The largest absolute Gasteiger partial charge is 0.481 e. The molecule has 0 spiro atoms. The molecule has 1 heterocycles. The fourth-order valence-electron chi connectivity index (χ4n) is 1.17. The first-order chi connectivity index (χ1) is 8.72. The molecule has 0 fully saturated rings. The highest BCUT2D eigenvalue weighted by molar-refractivity contribution is 5.78. The molecule has 0 saturated carbocycles. The van der Waals surface area contributed by atoms with Crippen LogP contribution in [-0.2, 0) is 16.1 Å². The zero-order chi connectivity index (χ0) is 14.6. The van der Waals surface area contributed by atoms with Crippen molar-refractivity contribution in [3.05, 3.63) is 33.1 Å². The van der Waals surface area contributed by atoms with E-state index in [2.05, 4.69) is 5.32 Å². The van der Waals surface area contributed by atoms with Crippen LogP contribution in [-0.4, -0.2) is 33.1 Å². The van der Waals surface area contributed by atoms with Gasteiger partial charge in [0.2, 0.25) is 5.91 Å². The molecule has 19 heavy (non-hydrogen) atoms. The Balaban J connectivity index is 2.64. The molecule has 3 N–H and O–H groups in total. The van der Waals surface area contributed by atoms with Crippen LogP contribution >= 0.6 is 0 Å². The van der Waals surface area contributed by atoms with E-state index in [4.69, 9.17) is 5.11 Å². The first-order valence-electron chi connectivity index (χ1n) is 5.52. The molecule has 0 saturated heterocycles. The van der Waals surface area contributed by atoms with Gasteiger partial charge in [0.05, 0.1) is 5.41 Å². The quantitative estimate of drug-likeness (QED) is 0.617. The van der Waals surface area contributed by atoms with Gasteiger partial charge in [0.1, 0.15) is 6.54 Å². The molecule has 0 aliphatic rings. The average molecular weight is 269 g/mol. The van der Waals surface area contributed by atoms with E-state index in [0.717, 1.165) is 10.6 Å². The summed E-state index contributed by atoms with van der Waals surface area (Å²) in [6, 6.07) is 1.12. The van der Waals surface area contributed by atoms with Gasteiger partial charge in [-0.15, -0.1) is 0 Å². The molecule has 104 valence electrons. The summed E-state index contributed by atoms with van der Waals surface area (Å²) >= 11 is 0. The van der Waals surface area contributed by atoms with Crippen molar-refractivity contribution >= 4 is 11.9 Å². The number of aromatic amines is 1. The van der Waals surface area contributed by atoms with Gasteiger partial charge in [-0.25, -0.2) is 4.79 Å². The minimum Gasteiger partial charge on any atom is -0.481 e. The van der Waals surface area contributed by atoms with E-state index in [1.807, 2.05) is 4.98 Å². The molecule has 0 unspecified atom stereocenters. The zero-order valence-electron chi connectivity index (χ0n) is 10.6. The second kappa shape index (κ2) is 5.51. The molecule has 1 rings (SSSR count). The number of nitrogens with zero attached hydrogens (tertiary/aromatic N) is 1. The lowest BCUT2D eigenvalue weighted by Crippen LogP contribution is -2.41. The number of H-pyrrole nitrogens is 1. The molecule has 8 nitrogen and oxygen atoms in total. The van der Waals surface area contributed by atoms with E-state index in [1.165, 1.54) is 20.0 Å². The number of carbonyl (C=O) groups excluding carboxylic acids is 1. The molecule has 0 radical (unpaired) electrons. The summed E-state index contributed by atoms with van der Waals surface area (Å²) in [5.41, 5.74) is -2.33. The Morgan fingerprint density at radius 3 is 2.58 bits per heavy atom. The molecule has 1 aromatic rings. The maximum Gasteiger partial charge on any atom is 0.328 e. The zero-order valence-corrected chi connectivity index (χ0v) is 10.6. The standard InChI is InChI=1S/C11H15N3O5/c1-11(2,9(17)18)6-12-8(16)5-14-4-3-7(15)13-10(14)19/h3-4H,5-6H2,1-2H3,(H,12,16)(H,17,18)(H,13,15,19). The van der Waals surface area contributed by atoms with E-state index in [9.17, 15) is 19.2 Å². The van der Waals surface area contributed by atoms with Crippen molar-refractivity contribution in [1.29, 1.82) is 0 Å². The van der Waals surface area contributed by atoms with Crippen LogP contribution in [0.25, 0.3) is 0 Å². The van der Waals surface area contributed by atoms with Crippen molar-refractivity contribution in [2.75, 3.05) is 6.54 Å². The highest BCUT2D eigenvalue weighted by Gasteiger charge is 2.27. The Hall–Kier alpha value is -2.38. The fourth-order valence-corrected chi connectivity index (χ4v) is 1.17. The van der Waals surface area contributed by atoms with Crippen molar-refractivity contribution in [3.63, 3.8) is 0 Å². The molecule has 0 aromatic carbocycles. The van der Waals surface area contributed by atoms with Gasteiger partial charge in [0, 0.05) is 18.8 Å². The van der Waals surface area contributed by atoms with Crippen LogP contribution in [0.3, 0.4) is 0 Å². The van der Waals surface area contributed by atoms with Crippen molar-refractivity contribution in [2.45, 2.75) is 20.4 Å². The van der Waals surface area contributed by atoms with Gasteiger partial charge in [-0.1, -0.05) is 0 Å². The molecular weight excluding hydrogens is 254 g/mol. The smallest absolute Gasteiger partial charge is 0.328 e. The molecule has 8 heteroatoms. The van der Waals surface area contributed by atoms with Gasteiger partial charge in [-0.2, -0.15) is 0 Å². The third kappa shape index (κ3) is 4.09. The summed E-state index contributed by atoms with van der Waals surface area (Å²) in [6.07, 6.45) is 1.20. The number of hydrogen-bond acceptors (Lipinski definition) is 4. The van der Waals surface area contributed by atoms with Gasteiger partial charge in [0.25, 0.3) is 5.56 Å². The predicted molar refractivity (Wildman–Crippen MR) is 65.7 cm³/mol. The van der Waals surface area contributed by atoms with Crippen LogP contribution in [0, 0.1) is 5.41 Å². The SMILES string of the molecule is CC(C)(CNC(=O)Cn1ccc(=O)[nH]c1=O)C(=O)O. The summed E-state index contributed by atoms with van der Waals surface area (Å²) in [5.74, 6) is -1.54. The average Bonchev–Trinajstić information content (AvgIpc) is 2.30. The molecule has 0 atom stereocenters. The van der Waals surface area contributed by atoms with E-state index >= 15 is 0 Å². The van der Waals surface area contributed by atoms with Crippen LogP contribution in [0.15, 0.2) is 21.9 Å². The van der Waals surface area contributed by atoms with Gasteiger partial charge >= 0.3 is 11.7 Å². The normalized spacial score (nSPS) is 11.1. The third-order valence-electron chi connectivity index (χ3n) is 2.52. The number of amides is 1. The van der Waals surface area contributed by atoms with Gasteiger partial charge in [0.15, 0.2) is 0 Å². The van der Waals surface area contributed by atoms with Crippen LogP contribution in [0.1, 0.15) is 13.8 Å². The minimum absolute atomic E-state index is 0.0563. The van der Waals surface area contributed by atoms with Crippen molar-refractivity contribution in [2.24, 2.45) is 5.41 Å². The fraction of sp³-hybridized carbons (Fsp3) is 0.455. The lowest BCUT2D eigenvalue weighted by molar-refractivity contribution is -0.146. The van der Waals surface area contributed by atoms with Gasteiger partial charge in [-0.05, 0) is 13.8 Å². The summed E-state index contributed by atoms with van der Waals surface area (Å²) in [7, 11) is 0. The lowest BCUT2D eigenvalue weighted by atomic mass is 9.94. The maximum absolute atomic E-state index is 11.6. The van der Waals surface area contributed by atoms with Crippen LogP contribution in [0.4, 0.5) is 0 Å². The topological polar surface area (TPSA) is 121 Å². The highest BCUT2D eigenvalue weighted by atomic mass is 16.4. The van der Waals surface area contributed by atoms with Gasteiger partial charge < -0.3 is 10.4 Å². The summed E-state index contributed by atoms with van der Waals surface area (Å²) < 4.78 is 1.02. The number of carboxylic acid groups (broad SMARTS) is 1. The van der Waals surface area contributed by atoms with E-state index in [-0.39, 0.29) is 13.1 Å². The molecule has 1 aromatic heterocycles. The van der Waals surface area contributed by atoms with Crippen LogP contribution in [0.5, 0.6) is 0 Å². The van der Waals surface area contributed by atoms with E-state index in [1.54, 1.807) is 0 Å². The van der Waals surface area contributed by atoms with Crippen molar-refractivity contribution in [3.8, 4) is 0 Å². The third-order valence-corrected chi connectivity index (χ3v) is 2.52. The highest BCUT2D eigenvalue weighted by Crippen LogP contribution is 2.12. The second-order valence-corrected chi connectivity index (χ2v) is 4.70. The monoisotopic (exact) mass is 269 g/mol. The Morgan fingerprint density at radius 2 is 2.05 bits per heavy atom. The summed E-state index contributed by atoms with van der Waals surface area (Å²) in [6.45, 7) is 2.61.